The molecule has 0 amide bonds. The summed E-state index contributed by atoms with van der Waals surface area (Å²) < 4.78 is 11.0. The summed E-state index contributed by atoms with van der Waals surface area (Å²) in [4.78, 5) is 3.35. The van der Waals surface area contributed by atoms with E-state index in [9.17, 15) is 5.11 Å². The lowest BCUT2D eigenvalue weighted by molar-refractivity contribution is 0.281. The Bertz CT molecular complexity index is 464. The largest absolute Gasteiger partial charge is 0.432 e. The summed E-state index contributed by atoms with van der Waals surface area (Å²) in [5, 5.41) is 9.92. The second-order valence-electron chi connectivity index (χ2n) is 4.50. The van der Waals surface area contributed by atoms with Crippen LogP contribution >= 0.6 is 24.4 Å². The number of aliphatic hydroxyl groups excluding tert-OH is 1. The highest BCUT2D eigenvalue weighted by atomic mass is 32.1. The first kappa shape index (κ1) is 16.6. The van der Waals surface area contributed by atoms with Crippen molar-refractivity contribution >= 4 is 34.8 Å². The van der Waals surface area contributed by atoms with Gasteiger partial charge < -0.3 is 24.4 Å². The van der Waals surface area contributed by atoms with Crippen molar-refractivity contribution in [3.63, 3.8) is 0 Å². The van der Waals surface area contributed by atoms with Crippen LogP contribution in [0.3, 0.4) is 0 Å². The van der Waals surface area contributed by atoms with Crippen LogP contribution in [0.15, 0.2) is 18.2 Å². The molecule has 7 heteroatoms. The van der Waals surface area contributed by atoms with Gasteiger partial charge in [0.1, 0.15) is 11.5 Å². The van der Waals surface area contributed by atoms with Gasteiger partial charge in [-0.3, -0.25) is 0 Å². The van der Waals surface area contributed by atoms with E-state index in [0.29, 0.717) is 27.4 Å². The fraction of sp³-hybridized carbons (Fsp3) is 0.385. The van der Waals surface area contributed by atoms with Gasteiger partial charge in [-0.25, -0.2) is 0 Å². The number of nitrogens with zero attached hydrogens (tertiary/aromatic N) is 2. The third-order valence-electron chi connectivity index (χ3n) is 2.26. The molecule has 20 heavy (non-hydrogen) atoms. The number of hydrogen-bond acceptors (Lipinski definition) is 5. The van der Waals surface area contributed by atoms with E-state index in [1.165, 1.54) is 0 Å². The molecular weight excluding hydrogens is 296 g/mol. The van der Waals surface area contributed by atoms with Crippen LogP contribution in [0.4, 0.5) is 0 Å². The average Bonchev–Trinajstić information content (AvgIpc) is 2.37. The zero-order chi connectivity index (χ0) is 15.3. The number of aliphatic hydroxyl groups is 1. The van der Waals surface area contributed by atoms with E-state index in [1.54, 1.807) is 56.2 Å². The minimum absolute atomic E-state index is 0.128. The Labute approximate surface area is 129 Å². The molecule has 0 aromatic heterocycles. The lowest BCUT2D eigenvalue weighted by Gasteiger charge is -2.17. The summed E-state index contributed by atoms with van der Waals surface area (Å²) in [6, 6.07) is 5.06. The smallest absolute Gasteiger partial charge is 0.264 e. The average molecular weight is 314 g/mol. The van der Waals surface area contributed by atoms with Crippen LogP contribution in [0.5, 0.6) is 11.5 Å². The minimum Gasteiger partial charge on any atom is -0.432 e. The molecule has 5 nitrogen and oxygen atoms in total. The Kier molecular flexibility index (Phi) is 6.12. The fourth-order valence-corrected chi connectivity index (χ4v) is 1.42. The molecule has 110 valence electrons. The zero-order valence-corrected chi connectivity index (χ0v) is 13.5. The topological polar surface area (TPSA) is 45.2 Å². The molecule has 0 aliphatic rings. The highest BCUT2D eigenvalue weighted by Crippen LogP contribution is 2.24. The standard InChI is InChI=1S/C13H18N2O3S2/c1-14(2)12(19)17-10-5-9(8-16)6-11(7-10)18-13(20)15(3)4/h5-7,16H,8H2,1-4H3. The van der Waals surface area contributed by atoms with Crippen molar-refractivity contribution in [1.82, 2.24) is 9.80 Å². The maximum atomic E-state index is 9.28. The van der Waals surface area contributed by atoms with Crippen LogP contribution in [-0.4, -0.2) is 53.4 Å². The van der Waals surface area contributed by atoms with Crippen molar-refractivity contribution in [1.29, 1.82) is 0 Å². The van der Waals surface area contributed by atoms with Crippen LogP contribution in [0.1, 0.15) is 5.56 Å². The van der Waals surface area contributed by atoms with E-state index < -0.39 is 0 Å². The van der Waals surface area contributed by atoms with Gasteiger partial charge in [0.05, 0.1) is 6.61 Å². The predicted molar refractivity (Wildman–Crippen MR) is 86.2 cm³/mol. The molecule has 0 fully saturated rings. The van der Waals surface area contributed by atoms with E-state index in [4.69, 9.17) is 33.9 Å². The molecule has 1 aromatic carbocycles. The Balaban J connectivity index is 2.96. The normalized spacial score (nSPS) is 9.85. The SMILES string of the molecule is CN(C)C(=S)Oc1cc(CO)cc(OC(=S)N(C)C)c1. The molecule has 0 atom stereocenters. The molecule has 1 N–H and O–H groups in total. The van der Waals surface area contributed by atoms with E-state index in [0.717, 1.165) is 0 Å². The Morgan fingerprint density at radius 2 is 1.35 bits per heavy atom. The van der Waals surface area contributed by atoms with Crippen molar-refractivity contribution in [3.8, 4) is 11.5 Å². The molecule has 0 unspecified atom stereocenters. The molecule has 0 bridgehead atoms. The molecule has 0 saturated heterocycles. The molecule has 1 rings (SSSR count). The molecule has 0 spiro atoms. The van der Waals surface area contributed by atoms with E-state index >= 15 is 0 Å². The van der Waals surface area contributed by atoms with Gasteiger partial charge in [-0.2, -0.15) is 0 Å². The Morgan fingerprint density at radius 3 is 1.65 bits per heavy atom. The Hall–Kier alpha value is -1.44. The predicted octanol–water partition coefficient (Wildman–Crippen LogP) is 1.63. The lowest BCUT2D eigenvalue weighted by Crippen LogP contribution is -2.26. The van der Waals surface area contributed by atoms with Gasteiger partial charge in [-0.15, -0.1) is 0 Å². The number of benzene rings is 1. The molecule has 0 radical (unpaired) electrons. The van der Waals surface area contributed by atoms with Crippen molar-refractivity contribution in [3.05, 3.63) is 23.8 Å². The van der Waals surface area contributed by atoms with Crippen molar-refractivity contribution in [2.45, 2.75) is 6.61 Å². The van der Waals surface area contributed by atoms with Crippen molar-refractivity contribution in [2.75, 3.05) is 28.2 Å². The maximum absolute atomic E-state index is 9.28. The van der Waals surface area contributed by atoms with Gasteiger partial charge in [-0.1, -0.05) is 0 Å². The third-order valence-corrected chi connectivity index (χ3v) is 3.16. The van der Waals surface area contributed by atoms with Gasteiger partial charge in [-0.05, 0) is 42.1 Å². The molecule has 0 aliphatic heterocycles. The van der Waals surface area contributed by atoms with Crippen LogP contribution in [0, 0.1) is 0 Å². The van der Waals surface area contributed by atoms with E-state index in [-0.39, 0.29) is 6.61 Å². The summed E-state index contributed by atoms with van der Waals surface area (Å²) in [5.74, 6) is 0.985. The number of rotatable bonds is 3. The van der Waals surface area contributed by atoms with Crippen LogP contribution < -0.4 is 9.47 Å². The lowest BCUT2D eigenvalue weighted by atomic mass is 10.2. The first-order valence-electron chi connectivity index (χ1n) is 5.86. The molecule has 0 heterocycles. The highest BCUT2D eigenvalue weighted by molar-refractivity contribution is 7.80. The Morgan fingerprint density at radius 1 is 0.950 bits per heavy atom. The molecular formula is C13H18N2O3S2. The van der Waals surface area contributed by atoms with Gasteiger partial charge in [0.25, 0.3) is 10.3 Å². The van der Waals surface area contributed by atoms with Gasteiger partial charge in [0, 0.05) is 34.3 Å². The fourth-order valence-electron chi connectivity index (χ4n) is 1.22. The maximum Gasteiger partial charge on any atom is 0.264 e. The van der Waals surface area contributed by atoms with Crippen molar-refractivity contribution < 1.29 is 14.6 Å². The molecule has 1 aromatic rings. The van der Waals surface area contributed by atoms with Gasteiger partial charge in [0.15, 0.2) is 0 Å². The number of thiocarbonyl (C=S) groups is 2. The number of ether oxygens (including phenoxy) is 2. The van der Waals surface area contributed by atoms with Gasteiger partial charge >= 0.3 is 0 Å². The van der Waals surface area contributed by atoms with Crippen molar-refractivity contribution in [2.24, 2.45) is 0 Å². The third kappa shape index (κ3) is 4.92. The van der Waals surface area contributed by atoms with Gasteiger partial charge in [0.2, 0.25) is 0 Å². The monoisotopic (exact) mass is 314 g/mol. The second-order valence-corrected chi connectivity index (χ2v) is 5.19. The van der Waals surface area contributed by atoms with Crippen LogP contribution in [0.25, 0.3) is 0 Å². The minimum atomic E-state index is -0.128. The van der Waals surface area contributed by atoms with Crippen LogP contribution in [0.2, 0.25) is 0 Å². The summed E-state index contributed by atoms with van der Waals surface area (Å²) in [6.07, 6.45) is 0. The van der Waals surface area contributed by atoms with E-state index in [1.807, 2.05) is 0 Å². The first-order valence-corrected chi connectivity index (χ1v) is 6.68. The summed E-state index contributed by atoms with van der Waals surface area (Å²) in [6.45, 7) is -0.128. The first-order chi connectivity index (χ1) is 9.33. The molecule has 0 aliphatic carbocycles. The summed E-state index contributed by atoms with van der Waals surface area (Å²) in [7, 11) is 7.15. The van der Waals surface area contributed by atoms with Crippen LogP contribution in [-0.2, 0) is 6.61 Å². The summed E-state index contributed by atoms with van der Waals surface area (Å²) in [5.41, 5.74) is 0.653. The number of hydrogen-bond donors (Lipinski definition) is 1. The molecule has 0 saturated carbocycles. The highest BCUT2D eigenvalue weighted by Gasteiger charge is 2.09. The zero-order valence-electron chi connectivity index (χ0n) is 11.9. The quantitative estimate of drug-likeness (QED) is 0.851. The van der Waals surface area contributed by atoms with E-state index in [2.05, 4.69) is 0 Å². The summed E-state index contributed by atoms with van der Waals surface area (Å²) >= 11 is 10.2. The second kappa shape index (κ2) is 7.37.